The van der Waals surface area contributed by atoms with Crippen LogP contribution in [0.2, 0.25) is 0 Å². The fourth-order valence-electron chi connectivity index (χ4n) is 4.78. The number of carbonyl (C=O) groups excluding carboxylic acids is 4. The Morgan fingerprint density at radius 3 is 2.23 bits per heavy atom. The minimum Gasteiger partial charge on any atom is -0.462 e. The number of anilines is 2. The number of nitrogen functional groups attached to an aromatic ring is 1. The van der Waals surface area contributed by atoms with Gasteiger partial charge in [-0.05, 0) is 49.4 Å². The lowest BCUT2D eigenvalue weighted by atomic mass is 10.1. The maximum atomic E-state index is 12.9. The van der Waals surface area contributed by atoms with Crippen molar-refractivity contribution in [3.05, 3.63) is 89.5 Å². The minimum atomic E-state index is -0.626. The van der Waals surface area contributed by atoms with E-state index >= 15 is 0 Å². The van der Waals surface area contributed by atoms with Crippen LogP contribution in [0, 0.1) is 0 Å². The van der Waals surface area contributed by atoms with Crippen LogP contribution in [0.5, 0.6) is 0 Å². The molecule has 0 bridgehead atoms. The molecular formula is C29H22N6O5. The van der Waals surface area contributed by atoms with Crippen LogP contribution >= 0.6 is 0 Å². The van der Waals surface area contributed by atoms with Gasteiger partial charge in [0, 0.05) is 5.69 Å². The number of nitrogens with zero attached hydrogens (tertiary/aromatic N) is 4. The van der Waals surface area contributed by atoms with Crippen molar-refractivity contribution < 1.29 is 23.9 Å². The normalized spacial score (nSPS) is 12.7. The SMILES string of the molecule is CCOC(=O)c1c(N)n(-c2cccc(NC(=O)CN3C(=O)c4ccccc4C3=O)c2)c2nc3ccccc3nc12. The molecule has 0 saturated carbocycles. The number of hydrogen-bond donors (Lipinski definition) is 2. The molecule has 1 aliphatic heterocycles. The summed E-state index contributed by atoms with van der Waals surface area (Å²) in [6.45, 7) is 1.40. The minimum absolute atomic E-state index is 0.0817. The molecule has 11 heteroatoms. The Bertz CT molecular complexity index is 1840. The lowest BCUT2D eigenvalue weighted by Gasteiger charge is -2.14. The maximum Gasteiger partial charge on any atom is 0.344 e. The highest BCUT2D eigenvalue weighted by molar-refractivity contribution is 6.22. The van der Waals surface area contributed by atoms with Gasteiger partial charge >= 0.3 is 5.97 Å². The predicted molar refractivity (Wildman–Crippen MR) is 147 cm³/mol. The summed E-state index contributed by atoms with van der Waals surface area (Å²) >= 11 is 0. The summed E-state index contributed by atoms with van der Waals surface area (Å²) in [5.41, 5.74) is 9.82. The fraction of sp³-hybridized carbons (Fsp3) is 0.103. The first-order chi connectivity index (χ1) is 19.4. The standard InChI is InChI=1S/C29H22N6O5/c1-2-40-29(39)23-24-26(33-21-13-6-5-12-20(21)32-24)35(25(23)30)17-9-7-8-16(14-17)31-22(36)15-34-27(37)18-10-3-4-11-19(18)28(34)38/h3-14H,2,15,30H2,1H3,(H,31,36). The molecule has 198 valence electrons. The molecule has 3 aromatic carbocycles. The molecule has 3 N–H and O–H groups in total. The number of imide groups is 1. The van der Waals surface area contributed by atoms with Crippen LogP contribution in [0.25, 0.3) is 27.9 Å². The number of aromatic nitrogens is 3. The summed E-state index contributed by atoms with van der Waals surface area (Å²) < 4.78 is 6.81. The number of hydrogen-bond acceptors (Lipinski definition) is 8. The van der Waals surface area contributed by atoms with Crippen LogP contribution in [0.3, 0.4) is 0 Å². The van der Waals surface area contributed by atoms with Crippen LogP contribution in [0.1, 0.15) is 38.0 Å². The van der Waals surface area contributed by atoms with E-state index in [-0.39, 0.29) is 34.6 Å². The van der Waals surface area contributed by atoms with Crippen LogP contribution < -0.4 is 11.1 Å². The van der Waals surface area contributed by atoms with Gasteiger partial charge in [-0.3, -0.25) is 23.9 Å². The summed E-state index contributed by atoms with van der Waals surface area (Å²) in [5.74, 6) is -2.14. The van der Waals surface area contributed by atoms with Gasteiger partial charge in [0.1, 0.15) is 23.4 Å². The monoisotopic (exact) mass is 534 g/mol. The van der Waals surface area contributed by atoms with Gasteiger partial charge in [0.05, 0.1) is 34.5 Å². The highest BCUT2D eigenvalue weighted by Crippen LogP contribution is 2.32. The van der Waals surface area contributed by atoms with Gasteiger partial charge in [-0.15, -0.1) is 0 Å². The van der Waals surface area contributed by atoms with Crippen molar-refractivity contribution in [2.45, 2.75) is 6.92 Å². The number of ether oxygens (including phenoxy) is 1. The van der Waals surface area contributed by atoms with Crippen LogP contribution in [0.15, 0.2) is 72.8 Å². The number of benzene rings is 3. The summed E-state index contributed by atoms with van der Waals surface area (Å²) in [6, 6.07) is 20.4. The maximum absolute atomic E-state index is 12.9. The van der Waals surface area contributed by atoms with Gasteiger partial charge in [0.2, 0.25) is 5.91 Å². The van der Waals surface area contributed by atoms with E-state index in [1.807, 2.05) is 12.1 Å². The molecule has 3 amide bonds. The molecule has 6 rings (SSSR count). The molecule has 5 aromatic rings. The number of nitrogens with two attached hydrogens (primary N) is 1. The van der Waals surface area contributed by atoms with Gasteiger partial charge < -0.3 is 15.8 Å². The number of nitrogens with one attached hydrogen (secondary N) is 1. The second-order valence-electron chi connectivity index (χ2n) is 9.04. The highest BCUT2D eigenvalue weighted by atomic mass is 16.5. The molecule has 0 spiro atoms. The average molecular weight is 535 g/mol. The van der Waals surface area contributed by atoms with Crippen molar-refractivity contribution >= 4 is 57.4 Å². The Morgan fingerprint density at radius 2 is 1.55 bits per heavy atom. The number of para-hydroxylation sites is 2. The van der Waals surface area contributed by atoms with Crippen molar-refractivity contribution in [2.75, 3.05) is 24.2 Å². The molecule has 3 heterocycles. The fourth-order valence-corrected chi connectivity index (χ4v) is 4.78. The second-order valence-corrected chi connectivity index (χ2v) is 9.04. The Labute approximate surface area is 227 Å². The summed E-state index contributed by atoms with van der Waals surface area (Å²) in [7, 11) is 0. The third kappa shape index (κ3) is 4.00. The first-order valence-electron chi connectivity index (χ1n) is 12.5. The first-order valence-corrected chi connectivity index (χ1v) is 12.5. The van der Waals surface area contributed by atoms with E-state index in [9.17, 15) is 19.2 Å². The zero-order valence-electron chi connectivity index (χ0n) is 21.2. The van der Waals surface area contributed by atoms with Crippen molar-refractivity contribution in [1.29, 1.82) is 0 Å². The quantitative estimate of drug-likeness (QED) is 0.248. The van der Waals surface area contributed by atoms with Gasteiger partial charge in [-0.2, -0.15) is 0 Å². The molecule has 0 radical (unpaired) electrons. The van der Waals surface area contributed by atoms with Gasteiger partial charge in [0.25, 0.3) is 11.8 Å². The molecule has 2 aromatic heterocycles. The van der Waals surface area contributed by atoms with Crippen LogP contribution in [-0.4, -0.2) is 56.3 Å². The van der Waals surface area contributed by atoms with E-state index in [1.54, 1.807) is 72.2 Å². The second kappa shape index (κ2) is 9.62. The summed E-state index contributed by atoms with van der Waals surface area (Å²) in [4.78, 5) is 61.3. The van der Waals surface area contributed by atoms with E-state index in [4.69, 9.17) is 15.5 Å². The van der Waals surface area contributed by atoms with E-state index < -0.39 is 30.2 Å². The van der Waals surface area contributed by atoms with Crippen LogP contribution in [0.4, 0.5) is 11.5 Å². The van der Waals surface area contributed by atoms with Crippen molar-refractivity contribution in [1.82, 2.24) is 19.4 Å². The molecule has 0 saturated heterocycles. The van der Waals surface area contributed by atoms with Gasteiger partial charge in [-0.25, -0.2) is 14.8 Å². The Morgan fingerprint density at radius 1 is 0.900 bits per heavy atom. The first kappa shape index (κ1) is 24.7. The Kier molecular flexibility index (Phi) is 5.95. The summed E-state index contributed by atoms with van der Waals surface area (Å²) in [5, 5.41) is 2.73. The molecule has 0 aliphatic carbocycles. The van der Waals surface area contributed by atoms with Crippen LogP contribution in [-0.2, 0) is 9.53 Å². The van der Waals surface area contributed by atoms with Crippen molar-refractivity contribution in [2.24, 2.45) is 0 Å². The third-order valence-corrected chi connectivity index (χ3v) is 6.55. The smallest absolute Gasteiger partial charge is 0.344 e. The number of rotatable bonds is 6. The topological polar surface area (TPSA) is 150 Å². The predicted octanol–water partition coefficient (Wildman–Crippen LogP) is 3.57. The zero-order valence-corrected chi connectivity index (χ0v) is 21.2. The molecule has 0 unspecified atom stereocenters. The van der Waals surface area contributed by atoms with Crippen molar-refractivity contribution in [3.8, 4) is 5.69 Å². The molecule has 11 nitrogen and oxygen atoms in total. The lowest BCUT2D eigenvalue weighted by molar-refractivity contribution is -0.116. The highest BCUT2D eigenvalue weighted by Gasteiger charge is 2.36. The number of esters is 1. The molecule has 40 heavy (non-hydrogen) atoms. The van der Waals surface area contributed by atoms with E-state index in [0.717, 1.165) is 4.90 Å². The van der Waals surface area contributed by atoms with Gasteiger partial charge in [-0.1, -0.05) is 30.3 Å². The van der Waals surface area contributed by atoms with E-state index in [0.29, 0.717) is 28.1 Å². The molecule has 1 aliphatic rings. The third-order valence-electron chi connectivity index (χ3n) is 6.55. The largest absolute Gasteiger partial charge is 0.462 e. The zero-order chi connectivity index (χ0) is 28.0. The summed E-state index contributed by atoms with van der Waals surface area (Å²) in [6.07, 6.45) is 0. The Hall–Kier alpha value is -5.58. The van der Waals surface area contributed by atoms with E-state index in [1.165, 1.54) is 0 Å². The molecule has 0 fully saturated rings. The molecule has 0 atom stereocenters. The lowest BCUT2D eigenvalue weighted by Crippen LogP contribution is -2.37. The number of carbonyl (C=O) groups is 4. The van der Waals surface area contributed by atoms with Crippen molar-refractivity contribution in [3.63, 3.8) is 0 Å². The van der Waals surface area contributed by atoms with Gasteiger partial charge in [0.15, 0.2) is 5.65 Å². The Balaban J connectivity index is 1.34. The molecular weight excluding hydrogens is 512 g/mol. The average Bonchev–Trinajstić information content (AvgIpc) is 3.37. The van der Waals surface area contributed by atoms with E-state index in [2.05, 4.69) is 10.3 Å². The number of amides is 3. The number of fused-ring (bicyclic) bond motifs is 3.